The topological polar surface area (TPSA) is 75.6 Å². The highest BCUT2D eigenvalue weighted by atomic mass is 35.5. The van der Waals surface area contributed by atoms with Crippen LogP contribution in [-0.4, -0.2) is 42.7 Å². The summed E-state index contributed by atoms with van der Waals surface area (Å²) >= 11 is 12.2. The fraction of sp³-hybridized carbons (Fsp3) is 0.409. The highest BCUT2D eigenvalue weighted by Crippen LogP contribution is 2.31. The van der Waals surface area contributed by atoms with E-state index in [9.17, 15) is 4.79 Å². The number of halogens is 2. The molecule has 4 rings (SSSR count). The van der Waals surface area contributed by atoms with Gasteiger partial charge in [-0.05, 0) is 56.6 Å². The number of piperidine rings is 1. The van der Waals surface area contributed by atoms with Gasteiger partial charge in [-0.15, -0.1) is 0 Å². The molecule has 1 aromatic heterocycles. The number of hydrogen-bond donors (Lipinski definition) is 2. The van der Waals surface area contributed by atoms with Gasteiger partial charge in [0.2, 0.25) is 0 Å². The molecule has 0 atom stereocenters. The van der Waals surface area contributed by atoms with Gasteiger partial charge in [0.15, 0.2) is 5.78 Å². The van der Waals surface area contributed by atoms with Gasteiger partial charge in [0.05, 0.1) is 28.5 Å². The third kappa shape index (κ3) is 5.19. The van der Waals surface area contributed by atoms with Gasteiger partial charge in [-0.3, -0.25) is 14.8 Å². The number of hydrogen-bond acceptors (Lipinski definition) is 6. The molecule has 1 saturated heterocycles. The molecule has 2 aromatic rings. The number of nitrogens with zero attached hydrogens (tertiary/aromatic N) is 2. The maximum absolute atomic E-state index is 12.7. The second-order valence-electron chi connectivity index (χ2n) is 7.62. The lowest BCUT2D eigenvalue weighted by Gasteiger charge is -2.23. The summed E-state index contributed by atoms with van der Waals surface area (Å²) in [6.07, 6.45) is 4.26. The number of Topliss-reactive ketones (excluding diaryl/α,β-unsaturated/α-hetero) is 1. The van der Waals surface area contributed by atoms with Crippen LogP contribution >= 0.6 is 23.2 Å². The minimum atomic E-state index is 0.0257. The Kier molecular flexibility index (Phi) is 7.00. The summed E-state index contributed by atoms with van der Waals surface area (Å²) in [4.78, 5) is 21.8. The molecular formula is C22H24Cl2N4O2. The molecule has 6 nitrogen and oxygen atoms in total. The highest BCUT2D eigenvalue weighted by molar-refractivity contribution is 6.34. The van der Waals surface area contributed by atoms with Gasteiger partial charge in [-0.25, -0.2) is 0 Å². The van der Waals surface area contributed by atoms with Crippen LogP contribution in [0.4, 0.5) is 5.69 Å². The minimum absolute atomic E-state index is 0.0257. The molecule has 3 heterocycles. The zero-order chi connectivity index (χ0) is 20.9. The summed E-state index contributed by atoms with van der Waals surface area (Å²) in [5.74, 6) is 1.17. The Hall–Kier alpha value is -1.99. The Labute approximate surface area is 186 Å². The lowest BCUT2D eigenvalue weighted by molar-refractivity contribution is 0.0998. The number of fused-ring (bicyclic) bond motifs is 1. The van der Waals surface area contributed by atoms with Gasteiger partial charge in [0.25, 0.3) is 0 Å². The monoisotopic (exact) mass is 446 g/mol. The van der Waals surface area contributed by atoms with E-state index in [0.29, 0.717) is 45.2 Å². The maximum atomic E-state index is 12.7. The summed E-state index contributed by atoms with van der Waals surface area (Å²) in [7, 11) is 0. The number of carbonyl (C=O) groups is 1. The van der Waals surface area contributed by atoms with E-state index in [0.717, 1.165) is 25.3 Å². The van der Waals surface area contributed by atoms with Gasteiger partial charge in [-0.2, -0.15) is 0 Å². The van der Waals surface area contributed by atoms with Crippen molar-refractivity contribution in [1.29, 1.82) is 0 Å². The zero-order valence-corrected chi connectivity index (χ0v) is 18.1. The SMILES string of the molecule is O=C1CC(COc2cc(Cl)ccc2Cl)=Nc2c1ccnc2CNCC1CCNCC1. The first-order valence-corrected chi connectivity index (χ1v) is 10.9. The first-order valence-electron chi connectivity index (χ1n) is 10.2. The fourth-order valence-electron chi connectivity index (χ4n) is 3.77. The Bertz CT molecular complexity index is 958. The number of nitrogens with one attached hydrogen (secondary N) is 2. The van der Waals surface area contributed by atoms with E-state index in [1.54, 1.807) is 30.5 Å². The zero-order valence-electron chi connectivity index (χ0n) is 16.6. The largest absolute Gasteiger partial charge is 0.486 e. The van der Waals surface area contributed by atoms with E-state index >= 15 is 0 Å². The van der Waals surface area contributed by atoms with Crippen molar-refractivity contribution >= 4 is 40.4 Å². The average molecular weight is 447 g/mol. The molecule has 0 radical (unpaired) electrons. The molecule has 2 aliphatic heterocycles. The summed E-state index contributed by atoms with van der Waals surface area (Å²) in [5.41, 5.74) is 2.69. The van der Waals surface area contributed by atoms with Crippen LogP contribution in [-0.2, 0) is 6.54 Å². The molecule has 1 fully saturated rings. The molecule has 0 amide bonds. The number of rotatable bonds is 7. The molecule has 8 heteroatoms. The average Bonchev–Trinajstić information content (AvgIpc) is 2.75. The molecule has 0 aliphatic carbocycles. The van der Waals surface area contributed by atoms with Crippen LogP contribution in [0.1, 0.15) is 35.3 Å². The number of ether oxygens (including phenoxy) is 1. The smallest absolute Gasteiger partial charge is 0.170 e. The van der Waals surface area contributed by atoms with Crippen molar-refractivity contribution in [3.8, 4) is 5.75 Å². The first-order chi connectivity index (χ1) is 14.6. The second kappa shape index (κ2) is 9.88. The van der Waals surface area contributed by atoms with Crippen molar-refractivity contribution in [3.63, 3.8) is 0 Å². The molecule has 0 spiro atoms. The summed E-state index contributed by atoms with van der Waals surface area (Å²) in [6.45, 7) is 3.84. The molecule has 0 bridgehead atoms. The van der Waals surface area contributed by atoms with Crippen molar-refractivity contribution in [2.45, 2.75) is 25.8 Å². The predicted molar refractivity (Wildman–Crippen MR) is 120 cm³/mol. The minimum Gasteiger partial charge on any atom is -0.486 e. The number of pyridine rings is 1. The normalized spacial score (nSPS) is 16.9. The summed E-state index contributed by atoms with van der Waals surface area (Å²) < 4.78 is 5.78. The quantitative estimate of drug-likeness (QED) is 0.665. The van der Waals surface area contributed by atoms with Gasteiger partial charge in [-0.1, -0.05) is 23.2 Å². The van der Waals surface area contributed by atoms with Gasteiger partial charge >= 0.3 is 0 Å². The highest BCUT2D eigenvalue weighted by Gasteiger charge is 2.23. The molecule has 2 N–H and O–H groups in total. The summed E-state index contributed by atoms with van der Waals surface area (Å²) in [5, 5.41) is 7.87. The standard InChI is InChI=1S/C22H24Cl2N4O2/c23-15-1-2-18(24)21(9-15)30-13-16-10-20(29)17-5-8-27-19(22(17)28-16)12-26-11-14-3-6-25-7-4-14/h1-2,5,8-9,14,25-26H,3-4,6-7,10-13H2. The third-order valence-electron chi connectivity index (χ3n) is 5.41. The van der Waals surface area contributed by atoms with Crippen LogP contribution in [0.2, 0.25) is 10.0 Å². The Balaban J connectivity index is 1.45. The van der Waals surface area contributed by atoms with Crippen molar-refractivity contribution in [1.82, 2.24) is 15.6 Å². The van der Waals surface area contributed by atoms with E-state index in [4.69, 9.17) is 32.9 Å². The van der Waals surface area contributed by atoms with Gasteiger partial charge < -0.3 is 15.4 Å². The first kappa shape index (κ1) is 21.2. The Morgan fingerprint density at radius 1 is 1.20 bits per heavy atom. The molecular weight excluding hydrogens is 423 g/mol. The number of benzene rings is 1. The number of carbonyl (C=O) groups excluding carboxylic acids is 1. The number of aliphatic imine (C=N–C) groups is 1. The van der Waals surface area contributed by atoms with E-state index in [-0.39, 0.29) is 18.8 Å². The van der Waals surface area contributed by atoms with Crippen LogP contribution in [0.3, 0.4) is 0 Å². The lowest BCUT2D eigenvalue weighted by Crippen LogP contribution is -2.33. The van der Waals surface area contributed by atoms with Crippen molar-refractivity contribution in [3.05, 3.63) is 51.8 Å². The molecule has 2 aliphatic rings. The molecule has 0 saturated carbocycles. The molecule has 30 heavy (non-hydrogen) atoms. The molecule has 0 unspecified atom stereocenters. The van der Waals surface area contributed by atoms with Crippen LogP contribution in [0.5, 0.6) is 5.75 Å². The van der Waals surface area contributed by atoms with E-state index in [1.165, 1.54) is 12.8 Å². The van der Waals surface area contributed by atoms with Crippen LogP contribution in [0.15, 0.2) is 35.5 Å². The third-order valence-corrected chi connectivity index (χ3v) is 5.95. The Morgan fingerprint density at radius 2 is 2.03 bits per heavy atom. The number of ketones is 1. The van der Waals surface area contributed by atoms with Gasteiger partial charge in [0.1, 0.15) is 12.4 Å². The summed E-state index contributed by atoms with van der Waals surface area (Å²) in [6, 6.07) is 6.77. The van der Waals surface area contributed by atoms with E-state index < -0.39 is 0 Å². The molecule has 1 aromatic carbocycles. The van der Waals surface area contributed by atoms with E-state index in [2.05, 4.69) is 15.6 Å². The van der Waals surface area contributed by atoms with Crippen molar-refractivity contribution < 1.29 is 9.53 Å². The second-order valence-corrected chi connectivity index (χ2v) is 8.46. The maximum Gasteiger partial charge on any atom is 0.170 e. The van der Waals surface area contributed by atoms with Crippen LogP contribution in [0, 0.1) is 5.92 Å². The van der Waals surface area contributed by atoms with E-state index in [1.807, 2.05) is 0 Å². The van der Waals surface area contributed by atoms with Crippen molar-refractivity contribution in [2.24, 2.45) is 10.9 Å². The van der Waals surface area contributed by atoms with Crippen LogP contribution in [0.25, 0.3) is 0 Å². The fourth-order valence-corrected chi connectivity index (χ4v) is 4.10. The predicted octanol–water partition coefficient (Wildman–Crippen LogP) is 4.22. The lowest BCUT2D eigenvalue weighted by atomic mass is 9.98. The van der Waals surface area contributed by atoms with Gasteiger partial charge in [0, 0.05) is 29.4 Å². The number of aromatic nitrogens is 1. The Morgan fingerprint density at radius 3 is 2.87 bits per heavy atom. The van der Waals surface area contributed by atoms with Crippen molar-refractivity contribution in [2.75, 3.05) is 26.2 Å². The van der Waals surface area contributed by atoms with Crippen LogP contribution < -0.4 is 15.4 Å². The molecule has 158 valence electrons.